The molecule has 7 heteroatoms. The summed E-state index contributed by atoms with van der Waals surface area (Å²) >= 11 is 5.88. The first-order valence-corrected chi connectivity index (χ1v) is 7.13. The van der Waals surface area contributed by atoms with Gasteiger partial charge in [-0.3, -0.25) is 0 Å². The highest BCUT2D eigenvalue weighted by Crippen LogP contribution is 2.26. The highest BCUT2D eigenvalue weighted by atomic mass is 35.5. The highest BCUT2D eigenvalue weighted by molar-refractivity contribution is 6.17. The van der Waals surface area contributed by atoms with E-state index in [-0.39, 0.29) is 0 Å². The molecule has 0 aliphatic carbocycles. The molecule has 0 radical (unpaired) electrons. The van der Waals surface area contributed by atoms with E-state index in [2.05, 4.69) is 15.1 Å². The van der Waals surface area contributed by atoms with Crippen LogP contribution in [0.1, 0.15) is 17.5 Å². The van der Waals surface area contributed by atoms with Crippen LogP contribution in [0.3, 0.4) is 0 Å². The van der Waals surface area contributed by atoms with Crippen LogP contribution in [0, 0.1) is 6.92 Å². The number of alkyl halides is 1. The third kappa shape index (κ3) is 2.58. The van der Waals surface area contributed by atoms with Gasteiger partial charge in [0.15, 0.2) is 5.82 Å². The molecular weight excluding hydrogens is 292 g/mol. The van der Waals surface area contributed by atoms with Gasteiger partial charge in [-0.2, -0.15) is 4.98 Å². The van der Waals surface area contributed by atoms with Gasteiger partial charge < -0.3 is 13.8 Å². The van der Waals surface area contributed by atoms with Crippen molar-refractivity contribution in [2.24, 2.45) is 0 Å². The molecule has 0 saturated heterocycles. The number of aromatic nitrogens is 4. The molecule has 3 rings (SSSR count). The Labute approximate surface area is 126 Å². The maximum atomic E-state index is 5.88. The summed E-state index contributed by atoms with van der Waals surface area (Å²) in [5, 5.41) is 3.94. The van der Waals surface area contributed by atoms with Crippen LogP contribution in [0.25, 0.3) is 11.0 Å². The minimum absolute atomic E-state index is 0.493. The smallest absolute Gasteiger partial charge is 0.223 e. The molecule has 0 amide bonds. The van der Waals surface area contributed by atoms with Gasteiger partial charge in [-0.25, -0.2) is 4.98 Å². The Bertz CT molecular complexity index is 766. The number of nitrogens with zero attached hydrogens (tertiary/aromatic N) is 4. The van der Waals surface area contributed by atoms with Crippen molar-refractivity contribution in [2.75, 3.05) is 13.0 Å². The quantitative estimate of drug-likeness (QED) is 0.678. The fraction of sp³-hybridized carbons (Fsp3) is 0.357. The first-order valence-electron chi connectivity index (χ1n) is 6.60. The van der Waals surface area contributed by atoms with Crippen LogP contribution in [0.2, 0.25) is 0 Å². The fourth-order valence-electron chi connectivity index (χ4n) is 2.33. The van der Waals surface area contributed by atoms with Crippen molar-refractivity contribution in [1.82, 2.24) is 19.7 Å². The van der Waals surface area contributed by atoms with Crippen molar-refractivity contribution in [3.63, 3.8) is 0 Å². The molecule has 0 saturated carbocycles. The van der Waals surface area contributed by atoms with Gasteiger partial charge in [-0.1, -0.05) is 11.2 Å². The second kappa shape index (κ2) is 5.73. The van der Waals surface area contributed by atoms with Crippen LogP contribution in [0.15, 0.2) is 22.7 Å². The van der Waals surface area contributed by atoms with E-state index in [0.717, 1.165) is 22.6 Å². The molecule has 0 atom stereocenters. The number of aryl methyl sites for hydroxylation is 2. The van der Waals surface area contributed by atoms with Gasteiger partial charge in [0.05, 0.1) is 19.2 Å². The topological polar surface area (TPSA) is 66.0 Å². The molecule has 2 aromatic heterocycles. The molecule has 110 valence electrons. The Kier molecular flexibility index (Phi) is 3.79. The largest absolute Gasteiger partial charge is 0.494 e. The van der Waals surface area contributed by atoms with Crippen molar-refractivity contribution in [3.05, 3.63) is 35.7 Å². The van der Waals surface area contributed by atoms with E-state index in [4.69, 9.17) is 20.9 Å². The second-order valence-corrected chi connectivity index (χ2v) is 4.99. The molecule has 0 N–H and O–H groups in total. The molecule has 1 aromatic carbocycles. The Balaban J connectivity index is 2.11. The Morgan fingerprint density at radius 3 is 2.86 bits per heavy atom. The molecule has 0 spiro atoms. The number of fused-ring (bicyclic) bond motifs is 1. The predicted octanol–water partition coefficient (Wildman–Crippen LogP) is 2.57. The molecular formula is C14H15ClN4O2. The summed E-state index contributed by atoms with van der Waals surface area (Å²) in [5.74, 6) is 3.28. The van der Waals surface area contributed by atoms with Crippen molar-refractivity contribution >= 4 is 22.6 Å². The molecule has 0 unspecified atom stereocenters. The number of halogens is 1. The van der Waals surface area contributed by atoms with Crippen LogP contribution in [0.5, 0.6) is 5.75 Å². The van der Waals surface area contributed by atoms with Gasteiger partial charge in [-0.15, -0.1) is 11.6 Å². The SMILES string of the molecule is COc1cccc2c1nc(CCCl)n2Cc1noc(C)n1. The average molecular weight is 307 g/mol. The third-order valence-electron chi connectivity index (χ3n) is 3.23. The number of rotatable bonds is 5. The van der Waals surface area contributed by atoms with Crippen molar-refractivity contribution in [3.8, 4) is 5.75 Å². The maximum absolute atomic E-state index is 5.88. The zero-order chi connectivity index (χ0) is 14.8. The molecule has 21 heavy (non-hydrogen) atoms. The summed E-state index contributed by atoms with van der Waals surface area (Å²) < 4.78 is 12.4. The molecule has 0 bridgehead atoms. The van der Waals surface area contributed by atoms with Crippen LogP contribution in [0.4, 0.5) is 0 Å². The van der Waals surface area contributed by atoms with E-state index in [0.29, 0.717) is 30.6 Å². The minimum atomic E-state index is 0.493. The lowest BCUT2D eigenvalue weighted by atomic mass is 10.3. The summed E-state index contributed by atoms with van der Waals surface area (Å²) in [6, 6.07) is 5.82. The third-order valence-corrected chi connectivity index (χ3v) is 3.42. The molecule has 0 fully saturated rings. The number of benzene rings is 1. The van der Waals surface area contributed by atoms with Crippen LogP contribution in [-0.4, -0.2) is 32.7 Å². The lowest BCUT2D eigenvalue weighted by Crippen LogP contribution is -2.07. The molecule has 0 aliphatic heterocycles. The van der Waals surface area contributed by atoms with E-state index < -0.39 is 0 Å². The van der Waals surface area contributed by atoms with Crippen LogP contribution < -0.4 is 4.74 Å². The molecule has 0 aliphatic rings. The Hall–Kier alpha value is -2.08. The number of hydrogen-bond acceptors (Lipinski definition) is 5. The summed E-state index contributed by atoms with van der Waals surface area (Å²) in [6.07, 6.45) is 0.663. The van der Waals surface area contributed by atoms with E-state index in [1.54, 1.807) is 14.0 Å². The first kappa shape index (κ1) is 13.9. The summed E-state index contributed by atoms with van der Waals surface area (Å²) in [4.78, 5) is 8.89. The van der Waals surface area contributed by atoms with Gasteiger partial charge in [0.1, 0.15) is 17.1 Å². The molecule has 6 nitrogen and oxygen atoms in total. The summed E-state index contributed by atoms with van der Waals surface area (Å²) in [6.45, 7) is 2.26. The summed E-state index contributed by atoms with van der Waals surface area (Å²) in [7, 11) is 1.64. The highest BCUT2D eigenvalue weighted by Gasteiger charge is 2.15. The fourth-order valence-corrected chi connectivity index (χ4v) is 2.50. The summed E-state index contributed by atoms with van der Waals surface area (Å²) in [5.41, 5.74) is 1.79. The minimum Gasteiger partial charge on any atom is -0.494 e. The Morgan fingerprint density at radius 2 is 2.19 bits per heavy atom. The molecule has 3 aromatic rings. The van der Waals surface area contributed by atoms with Gasteiger partial charge in [0.25, 0.3) is 0 Å². The zero-order valence-corrected chi connectivity index (χ0v) is 12.6. The standard InChI is InChI=1S/C14H15ClN4O2/c1-9-16-12(18-21-9)8-19-10-4-3-5-11(20-2)14(10)17-13(19)6-7-15/h3-5H,6-8H2,1-2H3. The van der Waals surface area contributed by atoms with Gasteiger partial charge in [0.2, 0.25) is 5.89 Å². The first-order chi connectivity index (χ1) is 10.2. The van der Waals surface area contributed by atoms with E-state index in [1.807, 2.05) is 22.8 Å². The van der Waals surface area contributed by atoms with Crippen molar-refractivity contribution in [1.29, 1.82) is 0 Å². The lowest BCUT2D eigenvalue weighted by Gasteiger charge is -2.05. The van der Waals surface area contributed by atoms with Crippen molar-refractivity contribution in [2.45, 2.75) is 19.9 Å². The number of ether oxygens (including phenoxy) is 1. The second-order valence-electron chi connectivity index (χ2n) is 4.61. The average Bonchev–Trinajstić information content (AvgIpc) is 3.04. The zero-order valence-electron chi connectivity index (χ0n) is 11.8. The maximum Gasteiger partial charge on any atom is 0.223 e. The van der Waals surface area contributed by atoms with Gasteiger partial charge >= 0.3 is 0 Å². The van der Waals surface area contributed by atoms with Crippen LogP contribution >= 0.6 is 11.6 Å². The van der Waals surface area contributed by atoms with E-state index >= 15 is 0 Å². The number of hydrogen-bond donors (Lipinski definition) is 0. The number of para-hydroxylation sites is 1. The number of imidazole rings is 1. The van der Waals surface area contributed by atoms with Crippen LogP contribution in [-0.2, 0) is 13.0 Å². The monoisotopic (exact) mass is 306 g/mol. The lowest BCUT2D eigenvalue weighted by molar-refractivity contribution is 0.386. The number of methoxy groups -OCH3 is 1. The van der Waals surface area contributed by atoms with E-state index in [9.17, 15) is 0 Å². The van der Waals surface area contributed by atoms with E-state index in [1.165, 1.54) is 0 Å². The van der Waals surface area contributed by atoms with Crippen molar-refractivity contribution < 1.29 is 9.26 Å². The molecule has 2 heterocycles. The Morgan fingerprint density at radius 1 is 1.33 bits per heavy atom. The van der Waals surface area contributed by atoms with Gasteiger partial charge in [0, 0.05) is 19.2 Å². The normalized spacial score (nSPS) is 11.2. The predicted molar refractivity (Wildman–Crippen MR) is 78.8 cm³/mol. The van der Waals surface area contributed by atoms with Gasteiger partial charge in [-0.05, 0) is 12.1 Å².